The Balaban J connectivity index is 2.06. The van der Waals surface area contributed by atoms with Crippen LogP contribution in [0, 0.1) is 13.8 Å². The van der Waals surface area contributed by atoms with E-state index in [1.807, 2.05) is 0 Å². The molecule has 4 rings (SSSR count). The van der Waals surface area contributed by atoms with E-state index in [1.165, 1.54) is 44.1 Å². The molecule has 0 atom stereocenters. The molecular weight excluding hydrogens is 278 g/mol. The largest absolute Gasteiger partial charge is 0.213 e. The average molecular weight is 298 g/mol. The van der Waals surface area contributed by atoms with Crippen LogP contribution in [0.15, 0.2) is 66.7 Å². The molecule has 0 aliphatic carbocycles. The van der Waals surface area contributed by atoms with E-state index in [9.17, 15) is 0 Å². The zero-order valence-electron chi connectivity index (χ0n) is 13.8. The van der Waals surface area contributed by atoms with Gasteiger partial charge in [-0.25, -0.2) is 0 Å². The summed E-state index contributed by atoms with van der Waals surface area (Å²) in [6.07, 6.45) is 0. The maximum Gasteiger partial charge on any atom is 0.213 e. The maximum absolute atomic E-state index is 2.31. The van der Waals surface area contributed by atoms with Gasteiger partial charge in [-0.05, 0) is 53.9 Å². The van der Waals surface area contributed by atoms with Crippen LogP contribution in [-0.2, 0) is 7.05 Å². The van der Waals surface area contributed by atoms with Gasteiger partial charge in [-0.1, -0.05) is 36.4 Å². The van der Waals surface area contributed by atoms with Gasteiger partial charge >= 0.3 is 0 Å². The molecular formula is C22H20N+. The molecule has 1 heteroatoms. The number of pyridine rings is 1. The Labute approximate surface area is 136 Å². The minimum Gasteiger partial charge on any atom is -0.194 e. The van der Waals surface area contributed by atoms with Crippen molar-refractivity contribution in [3.05, 3.63) is 77.9 Å². The topological polar surface area (TPSA) is 3.88 Å². The van der Waals surface area contributed by atoms with E-state index in [4.69, 9.17) is 0 Å². The Morgan fingerprint density at radius 2 is 1.52 bits per heavy atom. The van der Waals surface area contributed by atoms with E-state index in [0.29, 0.717) is 0 Å². The zero-order chi connectivity index (χ0) is 16.0. The van der Waals surface area contributed by atoms with Crippen LogP contribution >= 0.6 is 0 Å². The van der Waals surface area contributed by atoms with Gasteiger partial charge in [0.25, 0.3) is 0 Å². The molecule has 0 spiro atoms. The molecule has 0 aliphatic heterocycles. The van der Waals surface area contributed by atoms with Crippen molar-refractivity contribution in [2.75, 3.05) is 0 Å². The van der Waals surface area contributed by atoms with Crippen LogP contribution in [0.1, 0.15) is 11.1 Å². The number of aryl methyl sites for hydroxylation is 2. The Morgan fingerprint density at radius 1 is 0.696 bits per heavy atom. The molecule has 3 aromatic carbocycles. The molecule has 112 valence electrons. The van der Waals surface area contributed by atoms with Crippen LogP contribution in [0.2, 0.25) is 0 Å². The molecule has 0 amide bonds. The molecule has 0 saturated heterocycles. The van der Waals surface area contributed by atoms with Crippen molar-refractivity contribution in [3.63, 3.8) is 0 Å². The van der Waals surface area contributed by atoms with Gasteiger partial charge in [0, 0.05) is 17.7 Å². The Kier molecular flexibility index (Phi) is 3.16. The van der Waals surface area contributed by atoms with Crippen molar-refractivity contribution in [2.45, 2.75) is 13.8 Å². The second-order valence-electron chi connectivity index (χ2n) is 6.24. The smallest absolute Gasteiger partial charge is 0.194 e. The van der Waals surface area contributed by atoms with Crippen molar-refractivity contribution in [2.24, 2.45) is 7.05 Å². The summed E-state index contributed by atoms with van der Waals surface area (Å²) in [4.78, 5) is 0. The van der Waals surface area contributed by atoms with Crippen LogP contribution in [0.25, 0.3) is 32.9 Å². The lowest BCUT2D eigenvalue weighted by Gasteiger charge is -2.09. The number of aromatic nitrogens is 1. The molecule has 4 aromatic rings. The first-order valence-electron chi connectivity index (χ1n) is 8.04. The molecule has 0 radical (unpaired) electrons. The lowest BCUT2D eigenvalue weighted by Crippen LogP contribution is -2.32. The van der Waals surface area contributed by atoms with E-state index >= 15 is 0 Å². The zero-order valence-corrected chi connectivity index (χ0v) is 13.8. The lowest BCUT2D eigenvalue weighted by atomic mass is 9.98. The first-order chi connectivity index (χ1) is 11.2. The molecule has 23 heavy (non-hydrogen) atoms. The summed E-state index contributed by atoms with van der Waals surface area (Å²) in [6, 6.07) is 24.1. The first kappa shape index (κ1) is 14.0. The molecule has 1 heterocycles. The molecule has 0 aliphatic rings. The summed E-state index contributed by atoms with van der Waals surface area (Å²) in [7, 11) is 2.16. The third kappa shape index (κ3) is 2.12. The fourth-order valence-corrected chi connectivity index (χ4v) is 3.45. The van der Waals surface area contributed by atoms with Crippen molar-refractivity contribution in [3.8, 4) is 11.3 Å². The number of hydrogen-bond donors (Lipinski definition) is 0. The summed E-state index contributed by atoms with van der Waals surface area (Å²) in [5, 5.41) is 3.91. The summed E-state index contributed by atoms with van der Waals surface area (Å²) in [5.74, 6) is 0. The number of rotatable bonds is 1. The highest BCUT2D eigenvalue weighted by atomic mass is 14.9. The summed E-state index contributed by atoms with van der Waals surface area (Å²) < 4.78 is 2.31. The van der Waals surface area contributed by atoms with E-state index in [0.717, 1.165) is 0 Å². The lowest BCUT2D eigenvalue weighted by molar-refractivity contribution is -0.633. The van der Waals surface area contributed by atoms with Gasteiger partial charge in [0.1, 0.15) is 7.05 Å². The highest BCUT2D eigenvalue weighted by Gasteiger charge is 2.17. The second kappa shape index (κ2) is 5.20. The van der Waals surface area contributed by atoms with Crippen LogP contribution in [0.3, 0.4) is 0 Å². The first-order valence-corrected chi connectivity index (χ1v) is 8.04. The SMILES string of the molecule is Cc1cccc(-c2ccc3c4ccccc4ccc3[n+]2C)c1C. The van der Waals surface area contributed by atoms with Crippen LogP contribution in [0.4, 0.5) is 0 Å². The average Bonchev–Trinajstić information content (AvgIpc) is 2.58. The minimum atomic E-state index is 1.26. The molecule has 0 bridgehead atoms. The van der Waals surface area contributed by atoms with Gasteiger partial charge in [-0.15, -0.1) is 0 Å². The Hall–Kier alpha value is -2.67. The predicted octanol–water partition coefficient (Wildman–Crippen LogP) is 5.10. The van der Waals surface area contributed by atoms with Crippen LogP contribution < -0.4 is 4.57 Å². The highest BCUT2D eigenvalue weighted by Crippen LogP contribution is 2.28. The summed E-state index contributed by atoms with van der Waals surface area (Å²) in [5.41, 5.74) is 6.52. The van der Waals surface area contributed by atoms with Gasteiger partial charge < -0.3 is 0 Å². The number of nitrogens with zero attached hydrogens (tertiary/aromatic N) is 1. The van der Waals surface area contributed by atoms with E-state index in [2.05, 4.69) is 92.2 Å². The van der Waals surface area contributed by atoms with Crippen LogP contribution in [-0.4, -0.2) is 0 Å². The monoisotopic (exact) mass is 298 g/mol. The normalized spacial score (nSPS) is 11.3. The maximum atomic E-state index is 2.31. The molecule has 0 N–H and O–H groups in total. The third-order valence-corrected chi connectivity index (χ3v) is 4.96. The van der Waals surface area contributed by atoms with Gasteiger partial charge in [-0.3, -0.25) is 0 Å². The van der Waals surface area contributed by atoms with Crippen molar-refractivity contribution >= 4 is 21.7 Å². The Bertz CT molecular complexity index is 1040. The number of hydrogen-bond acceptors (Lipinski definition) is 0. The van der Waals surface area contributed by atoms with Gasteiger partial charge in [0.05, 0.1) is 5.39 Å². The number of fused-ring (bicyclic) bond motifs is 3. The third-order valence-electron chi connectivity index (χ3n) is 4.96. The van der Waals surface area contributed by atoms with Crippen molar-refractivity contribution in [1.82, 2.24) is 0 Å². The molecule has 0 saturated carbocycles. The standard InChI is InChI=1S/C22H20N/c1-15-7-6-10-18(16(15)2)21-14-12-20-19-9-5-4-8-17(19)11-13-22(20)23(21)3/h4-14H,1-3H3/q+1. The minimum absolute atomic E-state index is 1.26. The van der Waals surface area contributed by atoms with E-state index in [1.54, 1.807) is 0 Å². The van der Waals surface area contributed by atoms with E-state index < -0.39 is 0 Å². The highest BCUT2D eigenvalue weighted by molar-refractivity contribution is 6.05. The predicted molar refractivity (Wildman–Crippen MR) is 97.5 cm³/mol. The van der Waals surface area contributed by atoms with Crippen molar-refractivity contribution in [1.29, 1.82) is 0 Å². The fourth-order valence-electron chi connectivity index (χ4n) is 3.45. The van der Waals surface area contributed by atoms with Gasteiger partial charge in [-0.2, -0.15) is 4.57 Å². The molecule has 1 nitrogen and oxygen atoms in total. The Morgan fingerprint density at radius 3 is 2.39 bits per heavy atom. The fraction of sp³-hybridized carbons (Fsp3) is 0.136. The second-order valence-corrected chi connectivity index (χ2v) is 6.24. The quantitative estimate of drug-likeness (QED) is 0.340. The van der Waals surface area contributed by atoms with E-state index in [-0.39, 0.29) is 0 Å². The van der Waals surface area contributed by atoms with Gasteiger partial charge in [0.2, 0.25) is 11.2 Å². The summed E-state index contributed by atoms with van der Waals surface area (Å²) in [6.45, 7) is 4.38. The molecule has 1 aromatic heterocycles. The molecule has 0 fully saturated rings. The van der Waals surface area contributed by atoms with Crippen LogP contribution in [0.5, 0.6) is 0 Å². The molecule has 0 unspecified atom stereocenters. The summed E-state index contributed by atoms with van der Waals surface area (Å²) >= 11 is 0. The van der Waals surface area contributed by atoms with Crippen molar-refractivity contribution < 1.29 is 4.57 Å². The number of benzene rings is 3. The van der Waals surface area contributed by atoms with Gasteiger partial charge in [0.15, 0.2) is 0 Å².